The zero-order chi connectivity index (χ0) is 15.9. The molecule has 7 heteroatoms. The fourth-order valence-corrected chi connectivity index (χ4v) is 1.88. The summed E-state index contributed by atoms with van der Waals surface area (Å²) in [5, 5.41) is 2.83. The average molecular weight is 320 g/mol. The fourth-order valence-electron chi connectivity index (χ4n) is 1.71. The summed E-state index contributed by atoms with van der Waals surface area (Å²) in [7, 11) is 0. The predicted molar refractivity (Wildman–Crippen MR) is 81.6 cm³/mol. The van der Waals surface area contributed by atoms with Crippen molar-refractivity contribution >= 4 is 29.2 Å². The van der Waals surface area contributed by atoms with E-state index in [1.807, 2.05) is 0 Å². The molecule has 0 aromatic carbocycles. The van der Waals surface area contributed by atoms with Crippen molar-refractivity contribution in [1.82, 2.24) is 9.97 Å². The van der Waals surface area contributed by atoms with Crippen LogP contribution < -0.4 is 5.32 Å². The Labute approximate surface area is 132 Å². The molecule has 0 radical (unpaired) electrons. The highest BCUT2D eigenvalue weighted by Gasteiger charge is 2.22. The van der Waals surface area contributed by atoms with Crippen molar-refractivity contribution in [3.05, 3.63) is 53.6 Å². The molecule has 0 aliphatic carbocycles. The first kappa shape index (κ1) is 15.9. The molecule has 1 atom stereocenters. The summed E-state index contributed by atoms with van der Waals surface area (Å²) < 4.78 is 5.22. The Morgan fingerprint density at radius 2 is 2.18 bits per heavy atom. The number of hydrogen-bond acceptors (Lipinski definition) is 5. The quantitative estimate of drug-likeness (QED) is 0.677. The van der Waals surface area contributed by atoms with Crippen LogP contribution in [0, 0.1) is 0 Å². The number of nitrogens with zero attached hydrogens (tertiary/aromatic N) is 2. The lowest BCUT2D eigenvalue weighted by Crippen LogP contribution is -2.32. The minimum atomic E-state index is -0.903. The first-order valence-electron chi connectivity index (χ1n) is 6.63. The summed E-state index contributed by atoms with van der Waals surface area (Å²) in [5.74, 6) is -1.04. The summed E-state index contributed by atoms with van der Waals surface area (Å²) in [6.07, 6.45) is 3.95. The molecule has 0 fully saturated rings. The van der Waals surface area contributed by atoms with Gasteiger partial charge in [0.05, 0.1) is 17.4 Å². The third kappa shape index (κ3) is 4.26. The minimum absolute atomic E-state index is 0.183. The van der Waals surface area contributed by atoms with E-state index in [1.54, 1.807) is 25.3 Å². The number of halogens is 1. The van der Waals surface area contributed by atoms with Crippen molar-refractivity contribution in [2.75, 3.05) is 5.32 Å². The monoisotopic (exact) mass is 319 g/mol. The van der Waals surface area contributed by atoms with E-state index in [1.165, 1.54) is 24.5 Å². The van der Waals surface area contributed by atoms with E-state index in [-0.39, 0.29) is 10.7 Å². The van der Waals surface area contributed by atoms with E-state index in [0.29, 0.717) is 12.1 Å². The highest BCUT2D eigenvalue weighted by molar-refractivity contribution is 6.29. The zero-order valence-corrected chi connectivity index (χ0v) is 12.6. The van der Waals surface area contributed by atoms with Gasteiger partial charge in [-0.3, -0.25) is 9.78 Å². The van der Waals surface area contributed by atoms with E-state index >= 15 is 0 Å². The highest BCUT2D eigenvalue weighted by Crippen LogP contribution is 2.12. The largest absolute Gasteiger partial charge is 0.449 e. The fraction of sp³-hybridized carbons (Fsp3) is 0.200. The van der Waals surface area contributed by atoms with Gasteiger partial charge in [0.1, 0.15) is 5.15 Å². The summed E-state index contributed by atoms with van der Waals surface area (Å²) in [6, 6.07) is 6.25. The molecule has 2 aromatic rings. The van der Waals surface area contributed by atoms with Gasteiger partial charge in [-0.2, -0.15) is 0 Å². The molecule has 0 saturated heterocycles. The Bertz CT molecular complexity index is 664. The number of aromatic nitrogens is 2. The first-order valence-corrected chi connectivity index (χ1v) is 7.01. The van der Waals surface area contributed by atoms with Crippen molar-refractivity contribution in [3.8, 4) is 0 Å². The van der Waals surface area contributed by atoms with Gasteiger partial charge in [0.2, 0.25) is 0 Å². The van der Waals surface area contributed by atoms with Crippen LogP contribution in [0.5, 0.6) is 0 Å². The number of carbonyl (C=O) groups is 2. The molecule has 0 aliphatic heterocycles. The molecule has 2 heterocycles. The van der Waals surface area contributed by atoms with Crippen LogP contribution in [0.3, 0.4) is 0 Å². The molecule has 2 aromatic heterocycles. The van der Waals surface area contributed by atoms with Gasteiger partial charge in [-0.05, 0) is 30.7 Å². The molecule has 6 nitrogen and oxygen atoms in total. The van der Waals surface area contributed by atoms with Crippen LogP contribution in [0.25, 0.3) is 0 Å². The third-order valence-electron chi connectivity index (χ3n) is 2.80. The number of hydrogen-bond donors (Lipinski definition) is 1. The molecule has 1 N–H and O–H groups in total. The van der Waals surface area contributed by atoms with Gasteiger partial charge < -0.3 is 10.1 Å². The standard InChI is InChI=1S/C15H14ClN3O3/c1-2-12(14(20)19-11-4-3-6-17-9-11)22-15(21)10-5-7-18-13(16)8-10/h3-9,12H,2H2,1H3,(H,19,20). The normalized spacial score (nSPS) is 11.5. The Kier molecular flexibility index (Phi) is 5.43. The summed E-state index contributed by atoms with van der Waals surface area (Å²) >= 11 is 5.72. The van der Waals surface area contributed by atoms with E-state index in [4.69, 9.17) is 16.3 Å². The smallest absolute Gasteiger partial charge is 0.339 e. The van der Waals surface area contributed by atoms with Crippen LogP contribution in [0.2, 0.25) is 5.15 Å². The number of nitrogens with one attached hydrogen (secondary N) is 1. The maximum Gasteiger partial charge on any atom is 0.339 e. The van der Waals surface area contributed by atoms with Crippen LogP contribution in [0.15, 0.2) is 42.9 Å². The van der Waals surface area contributed by atoms with Crippen LogP contribution in [0.4, 0.5) is 5.69 Å². The maximum absolute atomic E-state index is 12.1. The van der Waals surface area contributed by atoms with Crippen molar-refractivity contribution in [1.29, 1.82) is 0 Å². The Balaban J connectivity index is 2.02. The third-order valence-corrected chi connectivity index (χ3v) is 3.01. The SMILES string of the molecule is CCC(OC(=O)c1ccnc(Cl)c1)C(=O)Nc1cccnc1. The second-order valence-electron chi connectivity index (χ2n) is 4.40. The van der Waals surface area contributed by atoms with Crippen LogP contribution in [-0.4, -0.2) is 27.9 Å². The Morgan fingerprint density at radius 3 is 2.82 bits per heavy atom. The molecule has 0 bridgehead atoms. The second-order valence-corrected chi connectivity index (χ2v) is 4.79. The van der Waals surface area contributed by atoms with Gasteiger partial charge >= 0.3 is 5.97 Å². The molecule has 2 rings (SSSR count). The van der Waals surface area contributed by atoms with E-state index in [9.17, 15) is 9.59 Å². The van der Waals surface area contributed by atoms with Gasteiger partial charge in [0.15, 0.2) is 6.10 Å². The number of amides is 1. The van der Waals surface area contributed by atoms with Crippen molar-refractivity contribution in [2.24, 2.45) is 0 Å². The van der Waals surface area contributed by atoms with Gasteiger partial charge in [-0.25, -0.2) is 9.78 Å². The molecule has 1 unspecified atom stereocenters. The maximum atomic E-state index is 12.1. The van der Waals surface area contributed by atoms with Gasteiger partial charge in [0.25, 0.3) is 5.91 Å². The molecule has 1 amide bonds. The second kappa shape index (κ2) is 7.51. The van der Waals surface area contributed by atoms with Crippen LogP contribution in [0.1, 0.15) is 23.7 Å². The summed E-state index contributed by atoms with van der Waals surface area (Å²) in [4.78, 5) is 31.8. The van der Waals surface area contributed by atoms with Crippen molar-refractivity contribution in [2.45, 2.75) is 19.4 Å². The number of rotatable bonds is 5. The molecule has 22 heavy (non-hydrogen) atoms. The van der Waals surface area contributed by atoms with Gasteiger partial charge in [-0.1, -0.05) is 18.5 Å². The highest BCUT2D eigenvalue weighted by atomic mass is 35.5. The summed E-state index contributed by atoms with van der Waals surface area (Å²) in [5.41, 5.74) is 0.779. The van der Waals surface area contributed by atoms with Crippen molar-refractivity contribution < 1.29 is 14.3 Å². The lowest BCUT2D eigenvalue weighted by molar-refractivity contribution is -0.124. The summed E-state index contributed by atoms with van der Waals surface area (Å²) in [6.45, 7) is 1.75. The molecule has 114 valence electrons. The number of ether oxygens (including phenoxy) is 1. The first-order chi connectivity index (χ1) is 10.6. The lowest BCUT2D eigenvalue weighted by atomic mass is 10.2. The molecule has 0 spiro atoms. The number of esters is 1. The Hall–Kier alpha value is -2.47. The minimum Gasteiger partial charge on any atom is -0.449 e. The van der Waals surface area contributed by atoms with Gasteiger partial charge in [-0.15, -0.1) is 0 Å². The zero-order valence-electron chi connectivity index (χ0n) is 11.8. The predicted octanol–water partition coefficient (Wildman–Crippen LogP) is 2.70. The number of carbonyl (C=O) groups excluding carboxylic acids is 2. The van der Waals surface area contributed by atoms with Gasteiger partial charge in [0, 0.05) is 12.4 Å². The molecular weight excluding hydrogens is 306 g/mol. The number of anilines is 1. The molecule has 0 saturated carbocycles. The van der Waals surface area contributed by atoms with E-state index in [2.05, 4.69) is 15.3 Å². The van der Waals surface area contributed by atoms with E-state index in [0.717, 1.165) is 0 Å². The van der Waals surface area contributed by atoms with Crippen LogP contribution in [-0.2, 0) is 9.53 Å². The van der Waals surface area contributed by atoms with Crippen molar-refractivity contribution in [3.63, 3.8) is 0 Å². The number of pyridine rings is 2. The average Bonchev–Trinajstić information content (AvgIpc) is 2.53. The Morgan fingerprint density at radius 1 is 1.36 bits per heavy atom. The topological polar surface area (TPSA) is 81.2 Å². The molecular formula is C15H14ClN3O3. The lowest BCUT2D eigenvalue weighted by Gasteiger charge is -2.16. The van der Waals surface area contributed by atoms with E-state index < -0.39 is 18.0 Å². The van der Waals surface area contributed by atoms with Crippen LogP contribution >= 0.6 is 11.6 Å². The molecule has 0 aliphatic rings.